The van der Waals surface area contributed by atoms with E-state index in [0.29, 0.717) is 31.7 Å². The van der Waals surface area contributed by atoms with Crippen LogP contribution in [-0.4, -0.2) is 53.6 Å². The summed E-state index contributed by atoms with van der Waals surface area (Å²) in [6.45, 7) is 7.14. The molecular formula is C16H20F2N2O2. The van der Waals surface area contributed by atoms with E-state index in [1.807, 2.05) is 4.90 Å². The van der Waals surface area contributed by atoms with Gasteiger partial charge in [-0.2, -0.15) is 0 Å². The topological polar surface area (TPSA) is 43.8 Å². The van der Waals surface area contributed by atoms with Crippen molar-refractivity contribution in [2.24, 2.45) is 0 Å². The van der Waals surface area contributed by atoms with Crippen molar-refractivity contribution in [3.8, 4) is 0 Å². The van der Waals surface area contributed by atoms with Crippen LogP contribution >= 0.6 is 0 Å². The van der Waals surface area contributed by atoms with Crippen LogP contribution in [0.1, 0.15) is 12.0 Å². The lowest BCUT2D eigenvalue weighted by Gasteiger charge is -2.22. The maximum Gasteiger partial charge on any atom is 0.332 e. The quantitative estimate of drug-likeness (QED) is 0.846. The molecule has 4 nitrogen and oxygen atoms in total. The van der Waals surface area contributed by atoms with Crippen LogP contribution in [0.5, 0.6) is 0 Å². The number of benzene rings is 1. The predicted molar refractivity (Wildman–Crippen MR) is 79.5 cm³/mol. The average molecular weight is 310 g/mol. The summed E-state index contributed by atoms with van der Waals surface area (Å²) in [6.07, 6.45) is 0.851. The van der Waals surface area contributed by atoms with E-state index in [2.05, 4.69) is 11.5 Å². The van der Waals surface area contributed by atoms with Crippen molar-refractivity contribution >= 4 is 5.97 Å². The Balaban J connectivity index is 1.91. The lowest BCUT2D eigenvalue weighted by Crippen LogP contribution is -2.32. The van der Waals surface area contributed by atoms with Gasteiger partial charge in [0.2, 0.25) is 0 Å². The Hall–Kier alpha value is -1.79. The fraction of sp³-hybridized carbons (Fsp3) is 0.438. The second-order valence-electron chi connectivity index (χ2n) is 5.55. The van der Waals surface area contributed by atoms with Gasteiger partial charge in [0.1, 0.15) is 11.6 Å². The van der Waals surface area contributed by atoms with Crippen LogP contribution in [0.25, 0.3) is 0 Å². The molecule has 1 aliphatic rings. The van der Waals surface area contributed by atoms with Crippen molar-refractivity contribution in [3.05, 3.63) is 47.5 Å². The molecule has 0 radical (unpaired) electrons. The van der Waals surface area contributed by atoms with Crippen molar-refractivity contribution in [2.45, 2.75) is 13.0 Å². The van der Waals surface area contributed by atoms with Gasteiger partial charge >= 0.3 is 5.97 Å². The van der Waals surface area contributed by atoms with Gasteiger partial charge in [-0.25, -0.2) is 13.6 Å². The van der Waals surface area contributed by atoms with Crippen LogP contribution in [0.15, 0.2) is 30.4 Å². The second-order valence-corrected chi connectivity index (χ2v) is 5.55. The molecule has 0 atom stereocenters. The Morgan fingerprint density at radius 1 is 1.18 bits per heavy atom. The Kier molecular flexibility index (Phi) is 5.63. The van der Waals surface area contributed by atoms with Gasteiger partial charge < -0.3 is 5.11 Å². The van der Waals surface area contributed by atoms with Gasteiger partial charge in [0.25, 0.3) is 0 Å². The SMILES string of the molecule is C=C(CN1CCCN(Cc2cc(F)ccc2F)CC1)C(=O)O. The maximum atomic E-state index is 13.7. The first-order valence-electron chi connectivity index (χ1n) is 7.25. The molecule has 1 aromatic carbocycles. The first-order valence-corrected chi connectivity index (χ1v) is 7.25. The molecule has 0 aromatic heterocycles. The van der Waals surface area contributed by atoms with Gasteiger partial charge in [-0.3, -0.25) is 9.80 Å². The summed E-state index contributed by atoms with van der Waals surface area (Å²) in [7, 11) is 0. The number of aliphatic carboxylic acids is 1. The number of hydrogen-bond donors (Lipinski definition) is 1. The first-order chi connectivity index (χ1) is 10.5. The highest BCUT2D eigenvalue weighted by molar-refractivity contribution is 5.86. The molecule has 2 rings (SSSR count). The third-order valence-electron chi connectivity index (χ3n) is 3.80. The molecule has 0 bridgehead atoms. The van der Waals surface area contributed by atoms with Crippen LogP contribution in [0.3, 0.4) is 0 Å². The Morgan fingerprint density at radius 3 is 2.59 bits per heavy atom. The summed E-state index contributed by atoms with van der Waals surface area (Å²) in [5.41, 5.74) is 0.521. The summed E-state index contributed by atoms with van der Waals surface area (Å²) in [5.74, 6) is -1.82. The number of carboxylic acid groups (broad SMARTS) is 1. The highest BCUT2D eigenvalue weighted by Crippen LogP contribution is 2.14. The van der Waals surface area contributed by atoms with E-state index < -0.39 is 17.6 Å². The Bertz CT molecular complexity index is 563. The molecule has 120 valence electrons. The van der Waals surface area contributed by atoms with Crippen LogP contribution in [-0.2, 0) is 11.3 Å². The molecule has 1 N–H and O–H groups in total. The standard InChI is InChI=1S/C16H20F2N2O2/c1-12(16(21)22)10-19-5-2-6-20(8-7-19)11-13-9-14(17)3-4-15(13)18/h3-4,9H,1-2,5-8,10-11H2,(H,21,22). The van der Waals surface area contributed by atoms with E-state index in [9.17, 15) is 13.6 Å². The van der Waals surface area contributed by atoms with Crippen LogP contribution in [0, 0.1) is 11.6 Å². The predicted octanol–water partition coefficient (Wildman–Crippen LogP) is 2.11. The normalized spacial score (nSPS) is 17.2. The monoisotopic (exact) mass is 310 g/mol. The minimum atomic E-state index is -0.983. The van der Waals surface area contributed by atoms with Crippen molar-refractivity contribution in [3.63, 3.8) is 0 Å². The van der Waals surface area contributed by atoms with E-state index in [4.69, 9.17) is 5.11 Å². The van der Waals surface area contributed by atoms with E-state index >= 15 is 0 Å². The molecule has 0 aliphatic carbocycles. The van der Waals surface area contributed by atoms with Gasteiger partial charge in [-0.05, 0) is 37.7 Å². The molecule has 0 unspecified atom stereocenters. The van der Waals surface area contributed by atoms with Gasteiger partial charge in [0, 0.05) is 37.3 Å². The fourth-order valence-corrected chi connectivity index (χ4v) is 2.58. The molecule has 0 spiro atoms. The van der Waals surface area contributed by atoms with Crippen LogP contribution in [0.2, 0.25) is 0 Å². The number of halogens is 2. The van der Waals surface area contributed by atoms with Crippen molar-refractivity contribution in [2.75, 3.05) is 32.7 Å². The van der Waals surface area contributed by atoms with E-state index in [1.165, 1.54) is 6.07 Å². The third kappa shape index (κ3) is 4.61. The lowest BCUT2D eigenvalue weighted by molar-refractivity contribution is -0.132. The first kappa shape index (κ1) is 16.6. The van der Waals surface area contributed by atoms with Crippen molar-refractivity contribution < 1.29 is 18.7 Å². The van der Waals surface area contributed by atoms with E-state index in [1.54, 1.807) is 0 Å². The molecule has 1 saturated heterocycles. The summed E-state index contributed by atoms with van der Waals surface area (Å²) in [4.78, 5) is 14.9. The summed E-state index contributed by atoms with van der Waals surface area (Å²) < 4.78 is 26.9. The zero-order valence-electron chi connectivity index (χ0n) is 12.4. The number of carboxylic acids is 1. The highest BCUT2D eigenvalue weighted by Gasteiger charge is 2.18. The molecule has 22 heavy (non-hydrogen) atoms. The zero-order valence-corrected chi connectivity index (χ0v) is 12.4. The zero-order chi connectivity index (χ0) is 16.1. The second kappa shape index (κ2) is 7.47. The molecule has 1 heterocycles. The lowest BCUT2D eigenvalue weighted by atomic mass is 10.2. The van der Waals surface area contributed by atoms with Gasteiger partial charge in [0.15, 0.2) is 0 Å². The van der Waals surface area contributed by atoms with Gasteiger partial charge in [-0.1, -0.05) is 6.58 Å². The van der Waals surface area contributed by atoms with Crippen LogP contribution < -0.4 is 0 Å². The summed E-state index contributed by atoms with van der Waals surface area (Å²) in [5, 5.41) is 8.87. The minimum Gasteiger partial charge on any atom is -0.478 e. The van der Waals surface area contributed by atoms with E-state index in [0.717, 1.165) is 31.6 Å². The number of hydrogen-bond acceptors (Lipinski definition) is 3. The molecule has 1 aromatic rings. The smallest absolute Gasteiger partial charge is 0.332 e. The molecule has 0 saturated carbocycles. The highest BCUT2D eigenvalue weighted by atomic mass is 19.1. The number of nitrogens with zero attached hydrogens (tertiary/aromatic N) is 2. The molecule has 1 fully saturated rings. The molecule has 6 heteroatoms. The van der Waals surface area contributed by atoms with E-state index in [-0.39, 0.29) is 5.57 Å². The molecule has 1 aliphatic heterocycles. The summed E-state index contributed by atoms with van der Waals surface area (Å²) >= 11 is 0. The van der Waals surface area contributed by atoms with Gasteiger partial charge in [-0.15, -0.1) is 0 Å². The Morgan fingerprint density at radius 2 is 1.86 bits per heavy atom. The van der Waals surface area contributed by atoms with Crippen molar-refractivity contribution in [1.82, 2.24) is 9.80 Å². The summed E-state index contributed by atoms with van der Waals surface area (Å²) in [6, 6.07) is 3.48. The minimum absolute atomic E-state index is 0.171. The number of carbonyl (C=O) groups is 1. The average Bonchev–Trinajstić information content (AvgIpc) is 2.68. The third-order valence-corrected chi connectivity index (χ3v) is 3.80. The largest absolute Gasteiger partial charge is 0.478 e. The molecular weight excluding hydrogens is 290 g/mol. The van der Waals surface area contributed by atoms with Crippen molar-refractivity contribution in [1.29, 1.82) is 0 Å². The molecule has 0 amide bonds. The fourth-order valence-electron chi connectivity index (χ4n) is 2.58. The van der Waals surface area contributed by atoms with Crippen LogP contribution in [0.4, 0.5) is 8.78 Å². The Labute approximate surface area is 128 Å². The van der Waals surface area contributed by atoms with Gasteiger partial charge in [0.05, 0.1) is 0 Å². The maximum absolute atomic E-state index is 13.7. The number of rotatable bonds is 5.